The predicted molar refractivity (Wildman–Crippen MR) is 81.9 cm³/mol. The van der Waals surface area contributed by atoms with Gasteiger partial charge in [0.15, 0.2) is 5.78 Å². The number of rotatable bonds is 5. The molecule has 1 aliphatic carbocycles. The van der Waals surface area contributed by atoms with E-state index >= 15 is 0 Å². The molecule has 0 amide bonds. The minimum Gasteiger partial charge on any atom is -0.383 e. The minimum absolute atomic E-state index is 0.136. The van der Waals surface area contributed by atoms with Crippen molar-refractivity contribution in [2.75, 3.05) is 13.7 Å². The Morgan fingerprint density at radius 3 is 2.75 bits per heavy atom. The van der Waals surface area contributed by atoms with E-state index in [2.05, 4.69) is 34.9 Å². The quantitative estimate of drug-likeness (QED) is 0.766. The molecule has 0 bridgehead atoms. The van der Waals surface area contributed by atoms with E-state index in [1.54, 1.807) is 18.0 Å². The molecule has 0 radical (unpaired) electrons. The molecule has 0 aromatic carbocycles. The van der Waals surface area contributed by atoms with E-state index in [1.165, 1.54) is 0 Å². The third kappa shape index (κ3) is 3.50. The van der Waals surface area contributed by atoms with Crippen molar-refractivity contribution < 1.29 is 9.53 Å². The van der Waals surface area contributed by atoms with Crippen molar-refractivity contribution in [1.29, 1.82) is 0 Å². The van der Waals surface area contributed by atoms with Gasteiger partial charge in [-0.15, -0.1) is 0 Å². The zero-order chi connectivity index (χ0) is 14.8. The van der Waals surface area contributed by atoms with Gasteiger partial charge < -0.3 is 4.74 Å². The Balaban J connectivity index is 2.11. The molecule has 0 atom stereocenters. The second-order valence-corrected chi connectivity index (χ2v) is 7.21. The van der Waals surface area contributed by atoms with Crippen molar-refractivity contribution in [2.24, 2.45) is 11.3 Å². The summed E-state index contributed by atoms with van der Waals surface area (Å²) in [5.41, 5.74) is 1.08. The molecule has 20 heavy (non-hydrogen) atoms. The van der Waals surface area contributed by atoms with Gasteiger partial charge in [-0.05, 0) is 47.0 Å². The van der Waals surface area contributed by atoms with Crippen molar-refractivity contribution in [3.63, 3.8) is 0 Å². The molecular weight excluding hydrogens is 320 g/mol. The lowest BCUT2D eigenvalue weighted by molar-refractivity contribution is 0.0822. The lowest BCUT2D eigenvalue weighted by atomic mass is 9.72. The minimum atomic E-state index is 0.136. The van der Waals surface area contributed by atoms with E-state index in [9.17, 15) is 4.79 Å². The number of Topliss-reactive ketones (excluding diaryl/α,β-unsaturated/α-hetero) is 1. The van der Waals surface area contributed by atoms with E-state index in [0.717, 1.165) is 30.2 Å². The Kier molecular flexibility index (Phi) is 5.02. The standard InChI is InChI=1S/C15H23BrN2O2/c1-15(2)6-4-11(5-7-15)14(19)13-12(16)10-17-18(13)8-9-20-3/h10-11H,4-9H2,1-3H3. The zero-order valence-corrected chi connectivity index (χ0v) is 14.1. The van der Waals surface area contributed by atoms with Crippen LogP contribution < -0.4 is 0 Å². The average molecular weight is 343 g/mol. The lowest BCUT2D eigenvalue weighted by Crippen LogP contribution is -2.28. The van der Waals surface area contributed by atoms with Gasteiger partial charge in [0.1, 0.15) is 5.69 Å². The summed E-state index contributed by atoms with van der Waals surface area (Å²) >= 11 is 3.45. The van der Waals surface area contributed by atoms with Crippen LogP contribution in [-0.4, -0.2) is 29.3 Å². The first-order valence-electron chi connectivity index (χ1n) is 7.19. The van der Waals surface area contributed by atoms with Crippen LogP contribution in [0.3, 0.4) is 0 Å². The number of hydrogen-bond donors (Lipinski definition) is 0. The highest BCUT2D eigenvalue weighted by Crippen LogP contribution is 2.39. The molecule has 4 nitrogen and oxygen atoms in total. The van der Waals surface area contributed by atoms with E-state index in [0.29, 0.717) is 24.3 Å². The summed E-state index contributed by atoms with van der Waals surface area (Å²) in [6, 6.07) is 0. The van der Waals surface area contributed by atoms with Gasteiger partial charge in [0.25, 0.3) is 0 Å². The van der Waals surface area contributed by atoms with E-state index in [1.807, 2.05) is 0 Å². The van der Waals surface area contributed by atoms with Crippen LogP contribution in [0, 0.1) is 11.3 Å². The molecule has 0 saturated heterocycles. The molecule has 1 aromatic heterocycles. The van der Waals surface area contributed by atoms with Crippen molar-refractivity contribution in [1.82, 2.24) is 9.78 Å². The molecule has 112 valence electrons. The van der Waals surface area contributed by atoms with Crippen LogP contribution in [0.25, 0.3) is 0 Å². The average Bonchev–Trinajstić information content (AvgIpc) is 2.76. The summed E-state index contributed by atoms with van der Waals surface area (Å²) in [6.07, 6.45) is 5.90. The number of carbonyl (C=O) groups is 1. The molecule has 0 N–H and O–H groups in total. The molecular formula is C15H23BrN2O2. The second-order valence-electron chi connectivity index (χ2n) is 6.36. The number of halogens is 1. The number of carbonyl (C=O) groups excluding carboxylic acids is 1. The first-order chi connectivity index (χ1) is 9.44. The highest BCUT2D eigenvalue weighted by atomic mass is 79.9. The molecule has 0 aliphatic heterocycles. The Hall–Kier alpha value is -0.680. The smallest absolute Gasteiger partial charge is 0.185 e. The molecule has 1 aliphatic rings. The van der Waals surface area contributed by atoms with Gasteiger partial charge in [-0.1, -0.05) is 13.8 Å². The number of nitrogens with zero attached hydrogens (tertiary/aromatic N) is 2. The van der Waals surface area contributed by atoms with Gasteiger partial charge in [0.05, 0.1) is 23.8 Å². The number of ether oxygens (including phenoxy) is 1. The summed E-state index contributed by atoms with van der Waals surface area (Å²) in [7, 11) is 1.66. The van der Waals surface area contributed by atoms with E-state index < -0.39 is 0 Å². The molecule has 1 fully saturated rings. The Bertz CT molecular complexity index is 472. The van der Waals surface area contributed by atoms with E-state index in [4.69, 9.17) is 4.74 Å². The number of aromatic nitrogens is 2. The van der Waals surface area contributed by atoms with Crippen LogP contribution in [0.5, 0.6) is 0 Å². The maximum atomic E-state index is 12.7. The summed E-state index contributed by atoms with van der Waals surface area (Å²) in [5.74, 6) is 0.360. The Morgan fingerprint density at radius 2 is 2.15 bits per heavy atom. The van der Waals surface area contributed by atoms with Crippen molar-refractivity contribution >= 4 is 21.7 Å². The first-order valence-corrected chi connectivity index (χ1v) is 7.98. The van der Waals surface area contributed by atoms with Gasteiger partial charge in [-0.25, -0.2) is 0 Å². The molecule has 0 spiro atoms. The number of methoxy groups -OCH3 is 1. The number of hydrogen-bond acceptors (Lipinski definition) is 3. The van der Waals surface area contributed by atoms with Crippen LogP contribution in [0.4, 0.5) is 0 Å². The van der Waals surface area contributed by atoms with Gasteiger partial charge in [-0.2, -0.15) is 5.10 Å². The van der Waals surface area contributed by atoms with Gasteiger partial charge >= 0.3 is 0 Å². The third-order valence-corrected chi connectivity index (χ3v) is 4.83. The summed E-state index contributed by atoms with van der Waals surface area (Å²) in [5, 5.41) is 4.27. The van der Waals surface area contributed by atoms with Crippen LogP contribution in [-0.2, 0) is 11.3 Å². The summed E-state index contributed by atoms with van der Waals surface area (Å²) in [4.78, 5) is 12.7. The molecule has 5 heteroatoms. The Labute approximate surface area is 129 Å². The molecule has 1 aromatic rings. The van der Waals surface area contributed by atoms with Gasteiger partial charge in [0.2, 0.25) is 0 Å². The maximum Gasteiger partial charge on any atom is 0.185 e. The molecule has 0 unspecified atom stereocenters. The predicted octanol–water partition coefficient (Wildman–Crippen LogP) is 3.69. The van der Waals surface area contributed by atoms with Gasteiger partial charge in [0, 0.05) is 13.0 Å². The number of ketones is 1. The Morgan fingerprint density at radius 1 is 1.50 bits per heavy atom. The zero-order valence-electron chi connectivity index (χ0n) is 12.5. The first kappa shape index (κ1) is 15.7. The van der Waals surface area contributed by atoms with Crippen molar-refractivity contribution in [3.05, 3.63) is 16.4 Å². The second kappa shape index (κ2) is 6.39. The third-order valence-electron chi connectivity index (χ3n) is 4.25. The summed E-state index contributed by atoms with van der Waals surface area (Å²) < 4.78 is 7.63. The van der Waals surface area contributed by atoms with Crippen LogP contribution in [0.2, 0.25) is 0 Å². The van der Waals surface area contributed by atoms with Crippen molar-refractivity contribution in [3.8, 4) is 0 Å². The lowest BCUT2D eigenvalue weighted by Gasteiger charge is -2.33. The SMILES string of the molecule is COCCn1ncc(Br)c1C(=O)C1CCC(C)(C)CC1. The normalized spacial score (nSPS) is 19.2. The van der Waals surface area contributed by atoms with Crippen LogP contribution >= 0.6 is 15.9 Å². The fraction of sp³-hybridized carbons (Fsp3) is 0.733. The van der Waals surface area contributed by atoms with Crippen LogP contribution in [0.1, 0.15) is 50.0 Å². The van der Waals surface area contributed by atoms with Crippen molar-refractivity contribution in [2.45, 2.75) is 46.1 Å². The molecule has 1 saturated carbocycles. The fourth-order valence-corrected chi connectivity index (χ4v) is 3.30. The van der Waals surface area contributed by atoms with Crippen LogP contribution in [0.15, 0.2) is 10.7 Å². The maximum absolute atomic E-state index is 12.7. The molecule has 2 rings (SSSR count). The topological polar surface area (TPSA) is 44.1 Å². The monoisotopic (exact) mass is 342 g/mol. The molecule has 1 heterocycles. The fourth-order valence-electron chi connectivity index (χ4n) is 2.81. The largest absolute Gasteiger partial charge is 0.383 e. The van der Waals surface area contributed by atoms with E-state index in [-0.39, 0.29) is 11.7 Å². The highest BCUT2D eigenvalue weighted by molar-refractivity contribution is 9.10. The highest BCUT2D eigenvalue weighted by Gasteiger charge is 2.33. The van der Waals surface area contributed by atoms with Gasteiger partial charge in [-0.3, -0.25) is 9.48 Å². The summed E-state index contributed by atoms with van der Waals surface area (Å²) in [6.45, 7) is 5.74.